The van der Waals surface area contributed by atoms with E-state index in [1.807, 2.05) is 24.3 Å². The van der Waals surface area contributed by atoms with Crippen LogP contribution in [-0.2, 0) is 9.53 Å². The van der Waals surface area contributed by atoms with Crippen LogP contribution >= 0.6 is 0 Å². The summed E-state index contributed by atoms with van der Waals surface area (Å²) in [5, 5.41) is 3.21. The monoisotopic (exact) mass is 264 g/mol. The Hall–Kier alpha value is -1.75. The third-order valence-corrected chi connectivity index (χ3v) is 3.46. The second-order valence-corrected chi connectivity index (χ2v) is 4.70. The minimum atomic E-state index is -0.350. The molecule has 1 fully saturated rings. The lowest BCUT2D eigenvalue weighted by Crippen LogP contribution is -2.43. The van der Waals surface area contributed by atoms with Gasteiger partial charge in [0.05, 0.1) is 7.11 Å². The van der Waals surface area contributed by atoms with E-state index < -0.39 is 0 Å². The van der Waals surface area contributed by atoms with Crippen molar-refractivity contribution in [1.82, 2.24) is 0 Å². The number of benzene rings is 1. The number of methoxy groups -OCH3 is 1. The van der Waals surface area contributed by atoms with Crippen LogP contribution in [0.4, 0.5) is 5.69 Å². The zero-order valence-electron chi connectivity index (χ0n) is 11.1. The van der Waals surface area contributed by atoms with E-state index in [4.69, 9.17) is 15.2 Å². The van der Waals surface area contributed by atoms with E-state index in [0.717, 1.165) is 24.3 Å². The highest BCUT2D eigenvalue weighted by atomic mass is 16.5. The van der Waals surface area contributed by atoms with Crippen LogP contribution in [0.1, 0.15) is 12.8 Å². The molecule has 3 N–H and O–H groups in total. The lowest BCUT2D eigenvalue weighted by atomic mass is 9.91. The average molecular weight is 264 g/mol. The fourth-order valence-corrected chi connectivity index (χ4v) is 2.34. The van der Waals surface area contributed by atoms with Gasteiger partial charge in [0.25, 0.3) is 0 Å². The Bertz CT molecular complexity index is 413. The molecule has 5 nitrogen and oxygen atoms in total. The molecule has 1 heterocycles. The highest BCUT2D eigenvalue weighted by Crippen LogP contribution is 2.23. The van der Waals surface area contributed by atoms with Crippen LogP contribution in [0.25, 0.3) is 0 Å². The largest absolute Gasteiger partial charge is 0.497 e. The SMILES string of the molecule is COc1ccc(NC(C(N)=O)C2CCOCC2)cc1. The van der Waals surface area contributed by atoms with Crippen molar-refractivity contribution in [1.29, 1.82) is 0 Å². The number of hydrogen-bond acceptors (Lipinski definition) is 4. The van der Waals surface area contributed by atoms with E-state index in [2.05, 4.69) is 5.32 Å². The molecular weight excluding hydrogens is 244 g/mol. The molecular formula is C14H20N2O3. The summed E-state index contributed by atoms with van der Waals surface area (Å²) in [6.07, 6.45) is 1.72. The Morgan fingerprint density at radius 3 is 2.53 bits per heavy atom. The number of ether oxygens (including phenoxy) is 2. The van der Waals surface area contributed by atoms with Crippen LogP contribution in [0.2, 0.25) is 0 Å². The van der Waals surface area contributed by atoms with E-state index in [0.29, 0.717) is 13.2 Å². The van der Waals surface area contributed by atoms with Crippen LogP contribution in [0.5, 0.6) is 5.75 Å². The minimum absolute atomic E-state index is 0.230. The molecule has 19 heavy (non-hydrogen) atoms. The lowest BCUT2D eigenvalue weighted by molar-refractivity contribution is -0.120. The van der Waals surface area contributed by atoms with Crippen molar-refractivity contribution in [2.45, 2.75) is 18.9 Å². The van der Waals surface area contributed by atoms with Gasteiger partial charge in [0.15, 0.2) is 0 Å². The maximum absolute atomic E-state index is 11.6. The van der Waals surface area contributed by atoms with Crippen molar-refractivity contribution in [2.24, 2.45) is 11.7 Å². The predicted molar refractivity (Wildman–Crippen MR) is 73.1 cm³/mol. The van der Waals surface area contributed by atoms with Crippen molar-refractivity contribution in [3.63, 3.8) is 0 Å². The van der Waals surface area contributed by atoms with Crippen molar-refractivity contribution in [3.8, 4) is 5.75 Å². The Balaban J connectivity index is 2.04. The van der Waals surface area contributed by atoms with Gasteiger partial charge < -0.3 is 20.5 Å². The first-order valence-corrected chi connectivity index (χ1v) is 6.48. The zero-order chi connectivity index (χ0) is 13.7. The molecule has 0 saturated carbocycles. The molecule has 0 aromatic heterocycles. The van der Waals surface area contributed by atoms with Gasteiger partial charge in [-0.05, 0) is 43.0 Å². The highest BCUT2D eigenvalue weighted by Gasteiger charge is 2.28. The Labute approximate surface area is 113 Å². The van der Waals surface area contributed by atoms with Gasteiger partial charge >= 0.3 is 0 Å². The van der Waals surface area contributed by atoms with Crippen LogP contribution in [0, 0.1) is 5.92 Å². The van der Waals surface area contributed by atoms with Crippen LogP contribution in [-0.4, -0.2) is 32.3 Å². The van der Waals surface area contributed by atoms with Crippen LogP contribution < -0.4 is 15.8 Å². The maximum Gasteiger partial charge on any atom is 0.240 e. The number of amides is 1. The molecule has 0 spiro atoms. The van der Waals surface area contributed by atoms with E-state index in [1.54, 1.807) is 7.11 Å². The molecule has 0 aliphatic carbocycles. The fourth-order valence-electron chi connectivity index (χ4n) is 2.34. The number of hydrogen-bond donors (Lipinski definition) is 2. The van der Waals surface area contributed by atoms with Crippen molar-refractivity contribution in [2.75, 3.05) is 25.6 Å². The van der Waals surface area contributed by atoms with Gasteiger partial charge in [-0.2, -0.15) is 0 Å². The summed E-state index contributed by atoms with van der Waals surface area (Å²) in [6.45, 7) is 1.39. The van der Waals surface area contributed by atoms with E-state index in [1.165, 1.54) is 0 Å². The normalized spacial score (nSPS) is 17.7. The Kier molecular flexibility index (Phi) is 4.63. The molecule has 1 unspecified atom stereocenters. The van der Waals surface area contributed by atoms with Gasteiger partial charge in [0.1, 0.15) is 11.8 Å². The van der Waals surface area contributed by atoms with E-state index >= 15 is 0 Å². The molecule has 1 saturated heterocycles. The number of nitrogens with two attached hydrogens (primary N) is 1. The van der Waals surface area contributed by atoms with Crippen LogP contribution in [0.15, 0.2) is 24.3 Å². The molecule has 1 aliphatic rings. The number of carbonyl (C=O) groups excluding carboxylic acids is 1. The molecule has 1 aromatic carbocycles. The first-order valence-electron chi connectivity index (χ1n) is 6.48. The molecule has 1 amide bonds. The summed E-state index contributed by atoms with van der Waals surface area (Å²) in [6, 6.07) is 7.12. The van der Waals surface area contributed by atoms with Gasteiger partial charge in [0, 0.05) is 18.9 Å². The van der Waals surface area contributed by atoms with Gasteiger partial charge in [0.2, 0.25) is 5.91 Å². The smallest absolute Gasteiger partial charge is 0.240 e. The average Bonchev–Trinajstić information content (AvgIpc) is 2.46. The number of primary amides is 1. The summed E-state index contributed by atoms with van der Waals surface area (Å²) in [7, 11) is 1.62. The van der Waals surface area contributed by atoms with Crippen molar-refractivity contribution < 1.29 is 14.3 Å². The summed E-state index contributed by atoms with van der Waals surface area (Å²) < 4.78 is 10.4. The standard InChI is InChI=1S/C14H20N2O3/c1-18-12-4-2-11(3-5-12)16-13(14(15)17)10-6-8-19-9-7-10/h2-5,10,13,16H,6-9H2,1H3,(H2,15,17). The highest BCUT2D eigenvalue weighted by molar-refractivity contribution is 5.83. The minimum Gasteiger partial charge on any atom is -0.497 e. The summed E-state index contributed by atoms with van der Waals surface area (Å²) in [5.74, 6) is 0.698. The van der Waals surface area contributed by atoms with Crippen LogP contribution in [0.3, 0.4) is 0 Å². The number of anilines is 1. The van der Waals surface area contributed by atoms with E-state index in [-0.39, 0.29) is 17.9 Å². The molecule has 2 rings (SSSR count). The van der Waals surface area contributed by atoms with Gasteiger partial charge in [-0.15, -0.1) is 0 Å². The first-order chi connectivity index (χ1) is 9.20. The molecule has 0 bridgehead atoms. The molecule has 0 radical (unpaired) electrons. The molecule has 1 aliphatic heterocycles. The van der Waals surface area contributed by atoms with Gasteiger partial charge in [-0.3, -0.25) is 4.79 Å². The van der Waals surface area contributed by atoms with Crippen molar-refractivity contribution in [3.05, 3.63) is 24.3 Å². The zero-order valence-corrected chi connectivity index (χ0v) is 11.1. The molecule has 1 aromatic rings. The van der Waals surface area contributed by atoms with Gasteiger partial charge in [-0.25, -0.2) is 0 Å². The Morgan fingerprint density at radius 2 is 2.00 bits per heavy atom. The summed E-state index contributed by atoms with van der Waals surface area (Å²) in [4.78, 5) is 11.6. The predicted octanol–water partition coefficient (Wildman–Crippen LogP) is 1.39. The fraction of sp³-hybridized carbons (Fsp3) is 0.500. The first kappa shape index (κ1) is 13.7. The topological polar surface area (TPSA) is 73.6 Å². The van der Waals surface area contributed by atoms with Crippen molar-refractivity contribution >= 4 is 11.6 Å². The third kappa shape index (κ3) is 3.61. The Morgan fingerprint density at radius 1 is 1.37 bits per heavy atom. The maximum atomic E-state index is 11.6. The second kappa shape index (κ2) is 6.43. The number of rotatable bonds is 5. The second-order valence-electron chi connectivity index (χ2n) is 4.70. The van der Waals surface area contributed by atoms with E-state index in [9.17, 15) is 4.79 Å². The molecule has 1 atom stereocenters. The van der Waals surface area contributed by atoms with Gasteiger partial charge in [-0.1, -0.05) is 0 Å². The third-order valence-electron chi connectivity index (χ3n) is 3.46. The molecule has 104 valence electrons. The number of nitrogens with one attached hydrogen (secondary N) is 1. The number of carbonyl (C=O) groups is 1. The summed E-state index contributed by atoms with van der Waals surface area (Å²) >= 11 is 0. The summed E-state index contributed by atoms with van der Waals surface area (Å²) in [5.41, 5.74) is 6.38. The quantitative estimate of drug-likeness (QED) is 0.842. The lowest BCUT2D eigenvalue weighted by Gasteiger charge is -2.29. The molecule has 5 heteroatoms.